The average Bonchev–Trinajstić information content (AvgIpc) is 2.29. The molecule has 0 aromatic heterocycles. The van der Waals surface area contributed by atoms with Gasteiger partial charge in [0.15, 0.2) is 0 Å². The minimum atomic E-state index is -1.20. The molecule has 0 fully saturated rings. The first kappa shape index (κ1) is 12.0. The molecule has 1 atom stereocenters. The second kappa shape index (κ2) is 4.82. The summed E-state index contributed by atoms with van der Waals surface area (Å²) in [6.45, 7) is 0. The summed E-state index contributed by atoms with van der Waals surface area (Å²) in [4.78, 5) is 0. The van der Waals surface area contributed by atoms with Gasteiger partial charge < -0.3 is 5.11 Å². The number of hydrogen-bond acceptors (Lipinski definition) is 1. The summed E-state index contributed by atoms with van der Waals surface area (Å²) in [5.41, 5.74) is 0.388. The second-order valence-electron chi connectivity index (χ2n) is 3.59. The summed E-state index contributed by atoms with van der Waals surface area (Å²) in [6.07, 6.45) is -1.20. The third-order valence-electron chi connectivity index (χ3n) is 2.46. The summed E-state index contributed by atoms with van der Waals surface area (Å²) in [6, 6.07) is 9.44. The molecule has 2 aromatic rings. The lowest BCUT2D eigenvalue weighted by Crippen LogP contribution is -2.03. The Morgan fingerprint density at radius 2 is 1.71 bits per heavy atom. The molecule has 2 aromatic carbocycles. The van der Waals surface area contributed by atoms with Crippen molar-refractivity contribution in [3.8, 4) is 0 Å². The fourth-order valence-electron chi connectivity index (χ4n) is 1.59. The number of rotatable bonds is 2. The highest BCUT2D eigenvalue weighted by atomic mass is 35.5. The van der Waals surface area contributed by atoms with Crippen LogP contribution in [0, 0.1) is 11.6 Å². The van der Waals surface area contributed by atoms with E-state index in [1.165, 1.54) is 30.3 Å². The van der Waals surface area contributed by atoms with Crippen molar-refractivity contribution < 1.29 is 13.9 Å². The van der Waals surface area contributed by atoms with Gasteiger partial charge in [0, 0.05) is 16.1 Å². The van der Waals surface area contributed by atoms with E-state index in [1.807, 2.05) is 0 Å². The van der Waals surface area contributed by atoms with Crippen molar-refractivity contribution in [2.24, 2.45) is 0 Å². The molecule has 0 aliphatic heterocycles. The lowest BCUT2D eigenvalue weighted by molar-refractivity contribution is 0.215. The predicted molar refractivity (Wildman–Crippen MR) is 61.9 cm³/mol. The smallest absolute Gasteiger partial charge is 0.129 e. The van der Waals surface area contributed by atoms with E-state index in [0.29, 0.717) is 0 Å². The Morgan fingerprint density at radius 1 is 1.00 bits per heavy atom. The van der Waals surface area contributed by atoms with Crippen molar-refractivity contribution in [2.75, 3.05) is 0 Å². The van der Waals surface area contributed by atoms with E-state index in [4.69, 9.17) is 11.6 Å². The number of benzene rings is 2. The van der Waals surface area contributed by atoms with Gasteiger partial charge in [-0.25, -0.2) is 8.78 Å². The molecule has 1 N–H and O–H groups in total. The van der Waals surface area contributed by atoms with Crippen LogP contribution in [0.2, 0.25) is 5.02 Å². The fourth-order valence-corrected chi connectivity index (χ4v) is 1.86. The summed E-state index contributed by atoms with van der Waals surface area (Å²) in [7, 11) is 0. The van der Waals surface area contributed by atoms with Crippen LogP contribution >= 0.6 is 11.6 Å². The minimum Gasteiger partial charge on any atom is -0.383 e. The van der Waals surface area contributed by atoms with Crippen LogP contribution in [0.25, 0.3) is 0 Å². The Labute approximate surface area is 102 Å². The Morgan fingerprint density at radius 3 is 2.35 bits per heavy atom. The molecule has 0 aliphatic carbocycles. The van der Waals surface area contributed by atoms with Crippen LogP contribution in [-0.4, -0.2) is 5.11 Å². The van der Waals surface area contributed by atoms with Crippen molar-refractivity contribution in [3.63, 3.8) is 0 Å². The highest BCUT2D eigenvalue weighted by Crippen LogP contribution is 2.29. The molecule has 17 heavy (non-hydrogen) atoms. The van der Waals surface area contributed by atoms with Crippen LogP contribution in [0.4, 0.5) is 8.78 Å². The van der Waals surface area contributed by atoms with Crippen LogP contribution in [0.1, 0.15) is 17.2 Å². The third-order valence-corrected chi connectivity index (χ3v) is 2.78. The zero-order chi connectivity index (χ0) is 12.4. The Balaban J connectivity index is 2.44. The fraction of sp³-hybridized carbons (Fsp3) is 0.0769. The maximum Gasteiger partial charge on any atom is 0.129 e. The molecule has 4 heteroatoms. The van der Waals surface area contributed by atoms with E-state index >= 15 is 0 Å². The largest absolute Gasteiger partial charge is 0.383 e. The Hall–Kier alpha value is -1.45. The van der Waals surface area contributed by atoms with E-state index in [1.54, 1.807) is 6.07 Å². The van der Waals surface area contributed by atoms with Crippen molar-refractivity contribution in [3.05, 3.63) is 70.2 Å². The van der Waals surface area contributed by atoms with Gasteiger partial charge in [-0.05, 0) is 18.2 Å². The van der Waals surface area contributed by atoms with E-state index in [9.17, 15) is 13.9 Å². The Bertz CT molecular complexity index is 543. The molecule has 0 saturated carbocycles. The van der Waals surface area contributed by atoms with E-state index in [2.05, 4.69) is 0 Å². The summed E-state index contributed by atoms with van der Waals surface area (Å²) < 4.78 is 26.3. The monoisotopic (exact) mass is 254 g/mol. The van der Waals surface area contributed by atoms with Gasteiger partial charge >= 0.3 is 0 Å². The van der Waals surface area contributed by atoms with Crippen LogP contribution in [0.3, 0.4) is 0 Å². The quantitative estimate of drug-likeness (QED) is 0.866. The molecule has 2 rings (SSSR count). The zero-order valence-corrected chi connectivity index (χ0v) is 9.46. The molecular formula is C13H9ClF2O. The van der Waals surface area contributed by atoms with Gasteiger partial charge in [-0.15, -0.1) is 0 Å². The maximum absolute atomic E-state index is 13.5. The number of halogens is 3. The first-order valence-electron chi connectivity index (χ1n) is 4.97. The van der Waals surface area contributed by atoms with Gasteiger partial charge in [-0.1, -0.05) is 35.9 Å². The van der Waals surface area contributed by atoms with Crippen LogP contribution in [0.5, 0.6) is 0 Å². The standard InChI is InChI=1S/C13H9ClF2O/c14-11-7-8(15)5-6-9(11)13(17)10-3-1-2-4-12(10)16/h1-7,13,17H. The lowest BCUT2D eigenvalue weighted by Gasteiger charge is -2.13. The predicted octanol–water partition coefficient (Wildman–Crippen LogP) is 3.70. The van der Waals surface area contributed by atoms with E-state index < -0.39 is 17.7 Å². The number of aliphatic hydroxyl groups is 1. The second-order valence-corrected chi connectivity index (χ2v) is 4.00. The first-order valence-corrected chi connectivity index (χ1v) is 5.35. The molecule has 0 aliphatic rings. The molecular weight excluding hydrogens is 246 g/mol. The van der Waals surface area contributed by atoms with Gasteiger partial charge in [0.05, 0.1) is 0 Å². The van der Waals surface area contributed by atoms with Crippen LogP contribution < -0.4 is 0 Å². The highest BCUT2D eigenvalue weighted by Gasteiger charge is 2.17. The first-order chi connectivity index (χ1) is 8.09. The highest BCUT2D eigenvalue weighted by molar-refractivity contribution is 6.31. The average molecular weight is 255 g/mol. The van der Waals surface area contributed by atoms with Crippen molar-refractivity contribution >= 4 is 11.6 Å². The van der Waals surface area contributed by atoms with Crippen molar-refractivity contribution in [2.45, 2.75) is 6.10 Å². The van der Waals surface area contributed by atoms with E-state index in [-0.39, 0.29) is 16.1 Å². The normalized spacial score (nSPS) is 12.5. The molecule has 1 unspecified atom stereocenters. The molecule has 1 nitrogen and oxygen atoms in total. The van der Waals surface area contributed by atoms with Crippen molar-refractivity contribution in [1.29, 1.82) is 0 Å². The topological polar surface area (TPSA) is 20.2 Å². The molecule has 0 amide bonds. The molecule has 0 bridgehead atoms. The molecule has 0 spiro atoms. The minimum absolute atomic E-state index is 0.0701. The number of hydrogen-bond donors (Lipinski definition) is 1. The lowest BCUT2D eigenvalue weighted by atomic mass is 10.0. The SMILES string of the molecule is OC(c1ccccc1F)c1ccc(F)cc1Cl. The van der Waals surface area contributed by atoms with Crippen molar-refractivity contribution in [1.82, 2.24) is 0 Å². The number of aliphatic hydroxyl groups excluding tert-OH is 1. The Kier molecular flexibility index (Phi) is 3.41. The van der Waals surface area contributed by atoms with E-state index in [0.717, 1.165) is 6.07 Å². The van der Waals surface area contributed by atoms with Gasteiger partial charge in [0.25, 0.3) is 0 Å². The van der Waals surface area contributed by atoms with Gasteiger partial charge in [0.2, 0.25) is 0 Å². The van der Waals surface area contributed by atoms with Gasteiger partial charge in [0.1, 0.15) is 17.7 Å². The molecule has 0 saturated heterocycles. The summed E-state index contributed by atoms with van der Waals surface area (Å²) >= 11 is 5.80. The maximum atomic E-state index is 13.5. The zero-order valence-electron chi connectivity index (χ0n) is 8.70. The molecule has 88 valence electrons. The van der Waals surface area contributed by atoms with Crippen LogP contribution in [-0.2, 0) is 0 Å². The molecule has 0 heterocycles. The third kappa shape index (κ3) is 2.46. The summed E-state index contributed by atoms with van der Waals surface area (Å²) in [5, 5.41) is 10.1. The van der Waals surface area contributed by atoms with Crippen LogP contribution in [0.15, 0.2) is 42.5 Å². The van der Waals surface area contributed by atoms with Gasteiger partial charge in [-0.2, -0.15) is 0 Å². The summed E-state index contributed by atoms with van der Waals surface area (Å²) in [5.74, 6) is -1.03. The van der Waals surface area contributed by atoms with Gasteiger partial charge in [-0.3, -0.25) is 0 Å². The molecule has 0 radical (unpaired) electrons.